The van der Waals surface area contributed by atoms with Crippen LogP contribution in [0.3, 0.4) is 0 Å². The number of nitrogens with one attached hydrogen (secondary N) is 1. The van der Waals surface area contributed by atoms with Gasteiger partial charge in [-0.1, -0.05) is 6.92 Å². The Labute approximate surface area is 108 Å². The summed E-state index contributed by atoms with van der Waals surface area (Å²) in [5, 5.41) is 13.9. The molecule has 94 valence electrons. The molecular weight excluding hydrogens is 288 g/mol. The fourth-order valence-corrected chi connectivity index (χ4v) is 1.81. The van der Waals surface area contributed by atoms with Gasteiger partial charge >= 0.3 is 0 Å². The van der Waals surface area contributed by atoms with E-state index in [-0.39, 0.29) is 5.69 Å². The van der Waals surface area contributed by atoms with E-state index in [1.165, 1.54) is 6.07 Å². The molecule has 17 heavy (non-hydrogen) atoms. The molecule has 0 atom stereocenters. The zero-order chi connectivity index (χ0) is 12.8. The molecule has 6 heteroatoms. The Bertz CT molecular complexity index is 410. The highest BCUT2D eigenvalue weighted by Crippen LogP contribution is 2.36. The highest BCUT2D eigenvalue weighted by atomic mass is 79.9. The highest BCUT2D eigenvalue weighted by Gasteiger charge is 2.17. The number of rotatable bonds is 6. The van der Waals surface area contributed by atoms with E-state index in [2.05, 4.69) is 21.2 Å². The summed E-state index contributed by atoms with van der Waals surface area (Å²) in [5.74, 6) is 0.608. The van der Waals surface area contributed by atoms with Crippen LogP contribution in [-0.2, 0) is 0 Å². The van der Waals surface area contributed by atoms with Crippen molar-refractivity contribution in [2.24, 2.45) is 0 Å². The molecule has 1 N–H and O–H groups in total. The fraction of sp³-hybridized carbons (Fsp3) is 0.455. The van der Waals surface area contributed by atoms with Gasteiger partial charge in [-0.15, -0.1) is 0 Å². The summed E-state index contributed by atoms with van der Waals surface area (Å²) in [7, 11) is 0. The number of nitrogens with zero attached hydrogens (tertiary/aromatic N) is 1. The number of anilines is 1. The molecule has 5 nitrogen and oxygen atoms in total. The first kappa shape index (κ1) is 13.8. The van der Waals surface area contributed by atoms with Gasteiger partial charge in [0.2, 0.25) is 0 Å². The molecule has 0 amide bonds. The van der Waals surface area contributed by atoms with Crippen LogP contribution in [0.5, 0.6) is 5.75 Å². The molecule has 1 aromatic carbocycles. The van der Waals surface area contributed by atoms with Gasteiger partial charge in [0.25, 0.3) is 5.69 Å². The van der Waals surface area contributed by atoms with Crippen molar-refractivity contribution < 1.29 is 9.66 Å². The van der Waals surface area contributed by atoms with E-state index in [9.17, 15) is 10.1 Å². The van der Waals surface area contributed by atoms with Crippen molar-refractivity contribution in [2.75, 3.05) is 18.5 Å². The molecule has 0 aliphatic heterocycles. The third-order valence-electron chi connectivity index (χ3n) is 2.11. The minimum atomic E-state index is -0.404. The second-order valence-corrected chi connectivity index (χ2v) is 4.27. The van der Waals surface area contributed by atoms with Crippen molar-refractivity contribution in [3.05, 3.63) is 26.7 Å². The first-order chi connectivity index (χ1) is 8.10. The SMILES string of the molecule is CCCNc1cc(OCC)c(Br)cc1[N+](=O)[O-]. The molecule has 1 aromatic rings. The maximum atomic E-state index is 10.9. The van der Waals surface area contributed by atoms with Crippen molar-refractivity contribution in [1.29, 1.82) is 0 Å². The Hall–Kier alpha value is -1.30. The van der Waals surface area contributed by atoms with E-state index in [1.807, 2.05) is 13.8 Å². The summed E-state index contributed by atoms with van der Waals surface area (Å²) in [4.78, 5) is 10.5. The Balaban J connectivity index is 3.11. The molecule has 0 aliphatic rings. The summed E-state index contributed by atoms with van der Waals surface area (Å²) in [6.45, 7) is 5.08. The number of nitro benzene ring substituents is 1. The van der Waals surface area contributed by atoms with Gasteiger partial charge in [0.15, 0.2) is 0 Å². The monoisotopic (exact) mass is 302 g/mol. The summed E-state index contributed by atoms with van der Waals surface area (Å²) < 4.78 is 5.97. The molecule has 0 heterocycles. The maximum Gasteiger partial charge on any atom is 0.293 e. The number of hydrogen-bond donors (Lipinski definition) is 1. The van der Waals surface area contributed by atoms with Gasteiger partial charge in [-0.25, -0.2) is 0 Å². The second-order valence-electron chi connectivity index (χ2n) is 3.42. The van der Waals surface area contributed by atoms with Crippen molar-refractivity contribution in [2.45, 2.75) is 20.3 Å². The largest absolute Gasteiger partial charge is 0.493 e. The lowest BCUT2D eigenvalue weighted by molar-refractivity contribution is -0.384. The lowest BCUT2D eigenvalue weighted by Crippen LogP contribution is -2.04. The van der Waals surface area contributed by atoms with Crippen molar-refractivity contribution >= 4 is 27.3 Å². The van der Waals surface area contributed by atoms with Crippen LogP contribution in [0.25, 0.3) is 0 Å². The molecule has 0 aliphatic carbocycles. The Morgan fingerprint density at radius 1 is 1.47 bits per heavy atom. The molecule has 0 fully saturated rings. The minimum absolute atomic E-state index is 0.0498. The predicted octanol–water partition coefficient (Wildman–Crippen LogP) is 3.58. The summed E-state index contributed by atoms with van der Waals surface area (Å²) >= 11 is 3.26. The average molecular weight is 303 g/mol. The van der Waals surface area contributed by atoms with Gasteiger partial charge in [0.05, 0.1) is 16.0 Å². The number of halogens is 1. The molecule has 0 saturated carbocycles. The number of nitro groups is 1. The summed E-state index contributed by atoms with van der Waals surface area (Å²) in [6.07, 6.45) is 0.900. The van der Waals surface area contributed by atoms with Gasteiger partial charge in [0.1, 0.15) is 11.4 Å². The van der Waals surface area contributed by atoms with E-state index in [0.29, 0.717) is 29.1 Å². The minimum Gasteiger partial charge on any atom is -0.493 e. The number of ether oxygens (including phenoxy) is 1. The maximum absolute atomic E-state index is 10.9. The van der Waals surface area contributed by atoms with E-state index >= 15 is 0 Å². The molecule has 0 saturated heterocycles. The Morgan fingerprint density at radius 3 is 2.71 bits per heavy atom. The van der Waals surface area contributed by atoms with Crippen LogP contribution in [-0.4, -0.2) is 18.1 Å². The Kier molecular flexibility index (Phi) is 5.21. The van der Waals surface area contributed by atoms with Crippen LogP contribution in [0.15, 0.2) is 16.6 Å². The van der Waals surface area contributed by atoms with Gasteiger partial charge in [0, 0.05) is 18.7 Å². The standard InChI is InChI=1S/C11H15BrN2O3/c1-3-5-13-9-7-11(17-4-2)8(12)6-10(9)14(15)16/h6-7,13H,3-5H2,1-2H3. The van der Waals surface area contributed by atoms with E-state index in [4.69, 9.17) is 4.74 Å². The quantitative estimate of drug-likeness (QED) is 0.644. The van der Waals surface area contributed by atoms with Crippen molar-refractivity contribution in [3.8, 4) is 5.75 Å². The molecule has 0 unspecified atom stereocenters. The molecule has 0 radical (unpaired) electrons. The third-order valence-corrected chi connectivity index (χ3v) is 2.73. The second kappa shape index (κ2) is 6.44. The molecule has 0 bridgehead atoms. The lowest BCUT2D eigenvalue weighted by Gasteiger charge is -2.10. The molecule has 1 rings (SSSR count). The van der Waals surface area contributed by atoms with E-state index in [0.717, 1.165) is 6.42 Å². The smallest absolute Gasteiger partial charge is 0.293 e. The number of hydrogen-bond acceptors (Lipinski definition) is 4. The first-order valence-corrected chi connectivity index (χ1v) is 6.24. The van der Waals surface area contributed by atoms with Gasteiger partial charge in [-0.3, -0.25) is 10.1 Å². The van der Waals surface area contributed by atoms with Crippen LogP contribution < -0.4 is 10.1 Å². The first-order valence-electron chi connectivity index (χ1n) is 5.44. The predicted molar refractivity (Wildman–Crippen MR) is 70.7 cm³/mol. The van der Waals surface area contributed by atoms with E-state index in [1.54, 1.807) is 6.07 Å². The summed E-state index contributed by atoms with van der Waals surface area (Å²) in [6, 6.07) is 3.12. The van der Waals surface area contributed by atoms with Gasteiger partial charge < -0.3 is 10.1 Å². The van der Waals surface area contributed by atoms with Crippen molar-refractivity contribution in [1.82, 2.24) is 0 Å². The van der Waals surface area contributed by atoms with Crippen molar-refractivity contribution in [3.63, 3.8) is 0 Å². The molecular formula is C11H15BrN2O3. The topological polar surface area (TPSA) is 64.4 Å². The normalized spacial score (nSPS) is 10.1. The molecule has 0 aromatic heterocycles. The fourth-order valence-electron chi connectivity index (χ4n) is 1.36. The average Bonchev–Trinajstić information content (AvgIpc) is 2.29. The van der Waals surface area contributed by atoms with Crippen LogP contribution >= 0.6 is 15.9 Å². The zero-order valence-corrected chi connectivity index (χ0v) is 11.4. The summed E-state index contributed by atoms with van der Waals surface area (Å²) in [5.41, 5.74) is 0.539. The van der Waals surface area contributed by atoms with Gasteiger partial charge in [-0.05, 0) is 29.3 Å². The molecule has 0 spiro atoms. The third kappa shape index (κ3) is 3.59. The number of benzene rings is 1. The Morgan fingerprint density at radius 2 is 2.18 bits per heavy atom. The van der Waals surface area contributed by atoms with E-state index < -0.39 is 4.92 Å². The zero-order valence-electron chi connectivity index (χ0n) is 9.83. The van der Waals surface area contributed by atoms with Crippen LogP contribution in [0, 0.1) is 10.1 Å². The van der Waals surface area contributed by atoms with Gasteiger partial charge in [-0.2, -0.15) is 0 Å². The van der Waals surface area contributed by atoms with Crippen LogP contribution in [0.1, 0.15) is 20.3 Å². The highest BCUT2D eigenvalue weighted by molar-refractivity contribution is 9.10. The van der Waals surface area contributed by atoms with Crippen LogP contribution in [0.2, 0.25) is 0 Å². The lowest BCUT2D eigenvalue weighted by atomic mass is 10.2. The van der Waals surface area contributed by atoms with Crippen LogP contribution in [0.4, 0.5) is 11.4 Å².